The molecule has 0 unspecified atom stereocenters. The lowest BCUT2D eigenvalue weighted by atomic mass is 9.67. The first-order valence-corrected chi connectivity index (χ1v) is 7.87. The van der Waals surface area contributed by atoms with Crippen LogP contribution >= 0.6 is 0 Å². The van der Waals surface area contributed by atoms with Crippen molar-refractivity contribution >= 4 is 11.9 Å². The molecule has 0 aliphatic heterocycles. The number of hydrogen-bond acceptors (Lipinski definition) is 3. The van der Waals surface area contributed by atoms with Crippen molar-refractivity contribution in [2.24, 2.45) is 10.4 Å². The summed E-state index contributed by atoms with van der Waals surface area (Å²) in [5, 5.41) is 9.25. The Balaban J connectivity index is 2.40. The van der Waals surface area contributed by atoms with Crippen LogP contribution in [0.5, 0.6) is 0 Å². The lowest BCUT2D eigenvalue weighted by Crippen LogP contribution is -2.42. The van der Waals surface area contributed by atoms with Gasteiger partial charge in [-0.05, 0) is 31.6 Å². The quantitative estimate of drug-likeness (QED) is 0.336. The van der Waals surface area contributed by atoms with Crippen LogP contribution in [0.3, 0.4) is 0 Å². The maximum atomic E-state index is 10.8. The number of carbonyl (C=O) groups is 1. The molecule has 21 heavy (non-hydrogen) atoms. The number of ether oxygens (including phenoxy) is 1. The maximum absolute atomic E-state index is 10.8. The van der Waals surface area contributed by atoms with Crippen LogP contribution in [0.4, 0.5) is 0 Å². The van der Waals surface area contributed by atoms with Crippen LogP contribution < -0.4 is 16.0 Å². The van der Waals surface area contributed by atoms with Gasteiger partial charge in [-0.15, -0.1) is 0 Å². The largest absolute Gasteiger partial charge is 0.385 e. The molecule has 0 spiro atoms. The summed E-state index contributed by atoms with van der Waals surface area (Å²) in [5.41, 5.74) is 0.329. The minimum atomic E-state index is -0.00766. The van der Waals surface area contributed by atoms with Crippen molar-refractivity contribution in [2.45, 2.75) is 39.5 Å². The molecular formula is C15H30N4O2. The molecule has 1 aliphatic carbocycles. The minimum Gasteiger partial charge on any atom is -0.385 e. The lowest BCUT2D eigenvalue weighted by Gasteiger charge is -2.40. The molecule has 0 radical (unpaired) electrons. The number of rotatable bonds is 9. The number of nitrogens with one attached hydrogen (secondary N) is 3. The molecule has 1 fully saturated rings. The van der Waals surface area contributed by atoms with Gasteiger partial charge in [0.2, 0.25) is 5.91 Å². The zero-order valence-electron chi connectivity index (χ0n) is 13.6. The summed E-state index contributed by atoms with van der Waals surface area (Å²) in [6.07, 6.45) is 4.86. The topological polar surface area (TPSA) is 74.8 Å². The summed E-state index contributed by atoms with van der Waals surface area (Å²) in [5.74, 6) is 0.818. The van der Waals surface area contributed by atoms with Crippen LogP contribution in [0, 0.1) is 5.41 Å². The second-order valence-electron chi connectivity index (χ2n) is 5.70. The van der Waals surface area contributed by atoms with Gasteiger partial charge in [0.25, 0.3) is 0 Å². The first-order valence-electron chi connectivity index (χ1n) is 7.87. The molecule has 0 saturated heterocycles. The molecule has 1 aliphatic rings. The Morgan fingerprint density at radius 1 is 1.24 bits per heavy atom. The molecule has 122 valence electrons. The van der Waals surface area contributed by atoms with Gasteiger partial charge in [-0.25, -0.2) is 0 Å². The van der Waals surface area contributed by atoms with Gasteiger partial charge in [0, 0.05) is 46.8 Å². The van der Waals surface area contributed by atoms with Crippen LogP contribution in [0.15, 0.2) is 4.99 Å². The first kappa shape index (κ1) is 17.8. The van der Waals surface area contributed by atoms with Crippen LogP contribution in [-0.2, 0) is 9.53 Å². The third-order valence-electron chi connectivity index (χ3n) is 3.96. The fraction of sp³-hybridized carbons (Fsp3) is 0.867. The molecule has 0 atom stereocenters. The van der Waals surface area contributed by atoms with Gasteiger partial charge in [0.1, 0.15) is 0 Å². The SMILES string of the molecule is CCNC(=NCC1(CCOC)CCC1)NCCNC(C)=O. The molecule has 1 rings (SSSR count). The van der Waals surface area contributed by atoms with E-state index < -0.39 is 0 Å². The molecule has 0 aromatic rings. The second kappa shape index (κ2) is 9.60. The standard InChI is InChI=1S/C15H30N4O2/c1-4-16-14(18-10-9-17-13(2)20)19-12-15(6-5-7-15)8-11-21-3/h4-12H2,1-3H3,(H,17,20)(H2,16,18,19). The number of methoxy groups -OCH3 is 1. The predicted octanol–water partition coefficient (Wildman–Crippen LogP) is 0.884. The highest BCUT2D eigenvalue weighted by Gasteiger charge is 2.36. The van der Waals surface area contributed by atoms with E-state index in [1.807, 2.05) is 0 Å². The zero-order valence-corrected chi connectivity index (χ0v) is 13.6. The normalized spacial score (nSPS) is 17.0. The van der Waals surface area contributed by atoms with E-state index in [9.17, 15) is 4.79 Å². The van der Waals surface area contributed by atoms with E-state index in [4.69, 9.17) is 9.73 Å². The highest BCUT2D eigenvalue weighted by molar-refractivity contribution is 5.79. The lowest BCUT2D eigenvalue weighted by molar-refractivity contribution is -0.118. The number of amides is 1. The molecule has 6 heteroatoms. The molecular weight excluding hydrogens is 268 g/mol. The van der Waals surface area contributed by atoms with Crippen molar-refractivity contribution in [1.29, 1.82) is 0 Å². The molecule has 3 N–H and O–H groups in total. The van der Waals surface area contributed by atoms with Crippen LogP contribution in [0.25, 0.3) is 0 Å². The Labute approximate surface area is 128 Å². The van der Waals surface area contributed by atoms with E-state index in [1.54, 1.807) is 7.11 Å². The van der Waals surface area contributed by atoms with Gasteiger partial charge in [0.05, 0.1) is 0 Å². The Morgan fingerprint density at radius 3 is 2.48 bits per heavy atom. The molecule has 0 heterocycles. The van der Waals surface area contributed by atoms with E-state index in [-0.39, 0.29) is 5.91 Å². The fourth-order valence-electron chi connectivity index (χ4n) is 2.49. The van der Waals surface area contributed by atoms with E-state index >= 15 is 0 Å². The molecule has 0 aromatic heterocycles. The van der Waals surface area contributed by atoms with Crippen molar-refractivity contribution in [3.05, 3.63) is 0 Å². The number of hydrogen-bond donors (Lipinski definition) is 3. The Kier molecular flexibility index (Phi) is 8.12. The third-order valence-corrected chi connectivity index (χ3v) is 3.96. The van der Waals surface area contributed by atoms with Crippen molar-refractivity contribution in [2.75, 3.05) is 39.9 Å². The van der Waals surface area contributed by atoms with Crippen molar-refractivity contribution in [3.8, 4) is 0 Å². The number of nitrogens with zero attached hydrogens (tertiary/aromatic N) is 1. The summed E-state index contributed by atoms with van der Waals surface area (Å²) in [6, 6.07) is 0. The fourth-order valence-corrected chi connectivity index (χ4v) is 2.49. The Bertz CT molecular complexity index is 341. The molecule has 1 amide bonds. The van der Waals surface area contributed by atoms with E-state index in [0.29, 0.717) is 18.5 Å². The van der Waals surface area contributed by atoms with Gasteiger partial charge < -0.3 is 20.7 Å². The van der Waals surface area contributed by atoms with Crippen LogP contribution in [-0.4, -0.2) is 51.8 Å². The molecule has 1 saturated carbocycles. The maximum Gasteiger partial charge on any atom is 0.216 e. The van der Waals surface area contributed by atoms with E-state index in [2.05, 4.69) is 22.9 Å². The summed E-state index contributed by atoms with van der Waals surface area (Å²) >= 11 is 0. The molecule has 0 aromatic carbocycles. The highest BCUT2D eigenvalue weighted by Crippen LogP contribution is 2.44. The highest BCUT2D eigenvalue weighted by atomic mass is 16.5. The predicted molar refractivity (Wildman–Crippen MR) is 85.4 cm³/mol. The number of aliphatic imine (C=N–C) groups is 1. The average Bonchev–Trinajstić information content (AvgIpc) is 2.41. The monoisotopic (exact) mass is 298 g/mol. The van der Waals surface area contributed by atoms with Gasteiger partial charge in [-0.2, -0.15) is 0 Å². The van der Waals surface area contributed by atoms with Gasteiger partial charge in [0.15, 0.2) is 5.96 Å². The molecule has 6 nitrogen and oxygen atoms in total. The van der Waals surface area contributed by atoms with E-state index in [0.717, 1.165) is 32.1 Å². The second-order valence-corrected chi connectivity index (χ2v) is 5.70. The zero-order chi connectivity index (χ0) is 15.6. The van der Waals surface area contributed by atoms with Gasteiger partial charge in [-0.3, -0.25) is 9.79 Å². The van der Waals surface area contributed by atoms with Crippen molar-refractivity contribution in [1.82, 2.24) is 16.0 Å². The number of carbonyl (C=O) groups excluding carboxylic acids is 1. The average molecular weight is 298 g/mol. The first-order chi connectivity index (χ1) is 10.1. The van der Waals surface area contributed by atoms with Crippen LogP contribution in [0.1, 0.15) is 39.5 Å². The summed E-state index contributed by atoms with van der Waals surface area (Å²) < 4.78 is 5.21. The summed E-state index contributed by atoms with van der Waals surface area (Å²) in [6.45, 7) is 7.33. The van der Waals surface area contributed by atoms with Gasteiger partial charge >= 0.3 is 0 Å². The Hall–Kier alpha value is -1.30. The van der Waals surface area contributed by atoms with Crippen LogP contribution in [0.2, 0.25) is 0 Å². The third kappa shape index (κ3) is 6.80. The smallest absolute Gasteiger partial charge is 0.216 e. The van der Waals surface area contributed by atoms with E-state index in [1.165, 1.54) is 26.2 Å². The molecule has 0 bridgehead atoms. The van der Waals surface area contributed by atoms with Crippen molar-refractivity contribution in [3.63, 3.8) is 0 Å². The van der Waals surface area contributed by atoms with Gasteiger partial charge in [-0.1, -0.05) is 6.42 Å². The Morgan fingerprint density at radius 2 is 1.95 bits per heavy atom. The summed E-state index contributed by atoms with van der Waals surface area (Å²) in [4.78, 5) is 15.5. The summed E-state index contributed by atoms with van der Waals surface area (Å²) in [7, 11) is 1.75. The van der Waals surface area contributed by atoms with Crippen molar-refractivity contribution < 1.29 is 9.53 Å². The minimum absolute atomic E-state index is 0.00766. The number of guanidine groups is 1.